The van der Waals surface area contributed by atoms with Crippen molar-refractivity contribution in [3.63, 3.8) is 0 Å². The van der Waals surface area contributed by atoms with Crippen molar-refractivity contribution in [1.82, 2.24) is 13.5 Å². The van der Waals surface area contributed by atoms with Crippen molar-refractivity contribution < 1.29 is 8.42 Å². The zero-order chi connectivity index (χ0) is 15.6. The van der Waals surface area contributed by atoms with Gasteiger partial charge in [0.1, 0.15) is 0 Å². The summed E-state index contributed by atoms with van der Waals surface area (Å²) in [5.41, 5.74) is 1.08. The summed E-state index contributed by atoms with van der Waals surface area (Å²) in [6.45, 7) is 3.43. The van der Waals surface area contributed by atoms with Gasteiger partial charge in [0.2, 0.25) is 0 Å². The van der Waals surface area contributed by atoms with Gasteiger partial charge in [-0.3, -0.25) is 0 Å². The molecule has 23 heavy (non-hydrogen) atoms. The Morgan fingerprint density at radius 3 is 2.26 bits per heavy atom. The van der Waals surface area contributed by atoms with Crippen LogP contribution in [0.15, 0.2) is 30.3 Å². The molecule has 3 rings (SSSR count). The van der Waals surface area contributed by atoms with E-state index in [0.29, 0.717) is 19.6 Å². The van der Waals surface area contributed by atoms with Crippen LogP contribution in [0.2, 0.25) is 0 Å². The van der Waals surface area contributed by atoms with Crippen molar-refractivity contribution in [2.24, 2.45) is 0 Å². The zero-order valence-electron chi connectivity index (χ0n) is 13.6. The first-order valence-electron chi connectivity index (χ1n) is 8.09. The number of hydrogen-bond acceptors (Lipinski definition) is 3. The average molecular weight is 360 g/mol. The Morgan fingerprint density at radius 1 is 0.957 bits per heavy atom. The van der Waals surface area contributed by atoms with Gasteiger partial charge in [-0.05, 0) is 25.5 Å². The molecule has 1 unspecified atom stereocenters. The van der Waals surface area contributed by atoms with Crippen LogP contribution in [0.1, 0.15) is 30.9 Å². The third kappa shape index (κ3) is 4.06. The van der Waals surface area contributed by atoms with Crippen LogP contribution in [0.3, 0.4) is 0 Å². The summed E-state index contributed by atoms with van der Waals surface area (Å²) in [6, 6.07) is 9.91. The molecule has 2 fully saturated rings. The largest absolute Gasteiger partial charge is 0.303 e. The lowest BCUT2D eigenvalue weighted by molar-refractivity contribution is 0.150. The molecule has 0 aliphatic carbocycles. The molecule has 0 aromatic heterocycles. The molecule has 2 heterocycles. The van der Waals surface area contributed by atoms with Gasteiger partial charge >= 0.3 is 0 Å². The molecule has 2 saturated heterocycles. The number of hydrogen-bond donors (Lipinski definition) is 0. The molecular weight excluding hydrogens is 334 g/mol. The van der Waals surface area contributed by atoms with E-state index < -0.39 is 10.2 Å². The van der Waals surface area contributed by atoms with Crippen LogP contribution >= 0.6 is 12.4 Å². The van der Waals surface area contributed by atoms with Gasteiger partial charge in [0.05, 0.1) is 6.04 Å². The highest BCUT2D eigenvalue weighted by atomic mass is 35.5. The van der Waals surface area contributed by atoms with Crippen LogP contribution in [0.25, 0.3) is 0 Å². The zero-order valence-corrected chi connectivity index (χ0v) is 15.2. The first kappa shape index (κ1) is 18.7. The Labute approximate surface area is 145 Å². The minimum absolute atomic E-state index is 0. The molecule has 2 aliphatic rings. The van der Waals surface area contributed by atoms with Crippen LogP contribution in [-0.2, 0) is 10.2 Å². The van der Waals surface area contributed by atoms with E-state index in [4.69, 9.17) is 0 Å². The van der Waals surface area contributed by atoms with E-state index >= 15 is 0 Å². The van der Waals surface area contributed by atoms with Gasteiger partial charge in [-0.15, -0.1) is 12.4 Å². The molecule has 0 bridgehead atoms. The fourth-order valence-corrected chi connectivity index (χ4v) is 5.21. The van der Waals surface area contributed by atoms with Crippen LogP contribution in [0.4, 0.5) is 0 Å². The third-order valence-electron chi connectivity index (χ3n) is 4.66. The average Bonchev–Trinajstić information content (AvgIpc) is 2.56. The molecule has 1 atom stereocenters. The topological polar surface area (TPSA) is 43.9 Å². The molecule has 0 saturated carbocycles. The minimum atomic E-state index is -3.37. The van der Waals surface area contributed by atoms with Crippen LogP contribution in [-0.4, -0.2) is 61.7 Å². The van der Waals surface area contributed by atoms with E-state index in [-0.39, 0.29) is 18.4 Å². The van der Waals surface area contributed by atoms with Crippen molar-refractivity contribution in [2.75, 3.05) is 39.8 Å². The molecule has 0 spiro atoms. The highest BCUT2D eigenvalue weighted by Crippen LogP contribution is 2.30. The summed E-state index contributed by atoms with van der Waals surface area (Å²) in [5, 5.41) is 0. The number of benzene rings is 1. The summed E-state index contributed by atoms with van der Waals surface area (Å²) in [5.74, 6) is 0. The molecular formula is C16H26ClN3O2S. The molecule has 1 aromatic rings. The van der Waals surface area contributed by atoms with Gasteiger partial charge in [-0.2, -0.15) is 17.0 Å². The quantitative estimate of drug-likeness (QED) is 0.830. The van der Waals surface area contributed by atoms with E-state index in [1.807, 2.05) is 30.3 Å². The Kier molecular flexibility index (Phi) is 6.45. The number of nitrogens with zero attached hydrogens (tertiary/aromatic N) is 3. The van der Waals surface area contributed by atoms with Crippen LogP contribution in [0.5, 0.6) is 0 Å². The molecule has 7 heteroatoms. The Hall–Kier alpha value is -0.660. The first-order chi connectivity index (χ1) is 10.6. The van der Waals surface area contributed by atoms with Crippen LogP contribution < -0.4 is 0 Å². The van der Waals surface area contributed by atoms with Gasteiger partial charge in [0.25, 0.3) is 10.2 Å². The maximum absolute atomic E-state index is 13.1. The Bertz CT molecular complexity index is 591. The third-order valence-corrected chi connectivity index (χ3v) is 6.70. The summed E-state index contributed by atoms with van der Waals surface area (Å²) in [6.07, 6.45) is 3.09. The number of piperazine rings is 1. The van der Waals surface area contributed by atoms with E-state index in [2.05, 4.69) is 11.9 Å². The number of likely N-dealkylation sites (N-methyl/N-ethyl adjacent to an activating group) is 1. The van der Waals surface area contributed by atoms with Gasteiger partial charge in [0, 0.05) is 32.7 Å². The number of rotatable bonds is 3. The molecule has 1 aromatic carbocycles. The highest BCUT2D eigenvalue weighted by molar-refractivity contribution is 7.86. The highest BCUT2D eigenvalue weighted by Gasteiger charge is 2.38. The van der Waals surface area contributed by atoms with Crippen molar-refractivity contribution in [1.29, 1.82) is 0 Å². The molecule has 0 amide bonds. The van der Waals surface area contributed by atoms with Gasteiger partial charge in [0.15, 0.2) is 0 Å². The monoisotopic (exact) mass is 359 g/mol. The molecule has 5 nitrogen and oxygen atoms in total. The molecule has 0 radical (unpaired) electrons. The van der Waals surface area contributed by atoms with E-state index in [9.17, 15) is 8.42 Å². The van der Waals surface area contributed by atoms with Crippen LogP contribution in [0, 0.1) is 0 Å². The van der Waals surface area contributed by atoms with Gasteiger partial charge in [-0.25, -0.2) is 0 Å². The predicted molar refractivity (Wildman–Crippen MR) is 95.0 cm³/mol. The number of piperidine rings is 1. The Balaban J connectivity index is 0.00000192. The summed E-state index contributed by atoms with van der Waals surface area (Å²) >= 11 is 0. The maximum Gasteiger partial charge on any atom is 0.282 e. The van der Waals surface area contributed by atoms with Crippen molar-refractivity contribution >= 4 is 22.6 Å². The van der Waals surface area contributed by atoms with Crippen molar-refractivity contribution in [3.05, 3.63) is 35.9 Å². The lowest BCUT2D eigenvalue weighted by atomic mass is 10.1. The fourth-order valence-electron chi connectivity index (χ4n) is 3.37. The van der Waals surface area contributed by atoms with Gasteiger partial charge in [-0.1, -0.05) is 36.8 Å². The second kappa shape index (κ2) is 7.94. The smallest absolute Gasteiger partial charge is 0.282 e. The van der Waals surface area contributed by atoms with Crippen molar-refractivity contribution in [2.45, 2.75) is 25.3 Å². The lowest BCUT2D eigenvalue weighted by Gasteiger charge is -2.42. The Morgan fingerprint density at radius 2 is 1.61 bits per heavy atom. The molecule has 0 N–H and O–H groups in total. The SMILES string of the molecule is CN1CCN(S(=O)(=O)N2CCCCC2)C(c2ccccc2)C1.Cl. The first-order valence-corrected chi connectivity index (χ1v) is 9.49. The fraction of sp³-hybridized carbons (Fsp3) is 0.625. The normalized spacial score (nSPS) is 25.0. The number of halogens is 1. The predicted octanol–water partition coefficient (Wildman–Crippen LogP) is 2.13. The summed E-state index contributed by atoms with van der Waals surface area (Å²) in [7, 11) is -1.31. The summed E-state index contributed by atoms with van der Waals surface area (Å²) in [4.78, 5) is 2.21. The minimum Gasteiger partial charge on any atom is -0.303 e. The van der Waals surface area contributed by atoms with E-state index in [0.717, 1.165) is 37.9 Å². The maximum atomic E-state index is 13.1. The second-order valence-corrected chi connectivity index (χ2v) is 8.15. The second-order valence-electron chi connectivity index (χ2n) is 6.27. The molecule has 2 aliphatic heterocycles. The molecule has 130 valence electrons. The van der Waals surface area contributed by atoms with Crippen molar-refractivity contribution in [3.8, 4) is 0 Å². The van der Waals surface area contributed by atoms with E-state index in [1.54, 1.807) is 8.61 Å². The summed E-state index contributed by atoms with van der Waals surface area (Å²) < 4.78 is 29.5. The standard InChI is InChI=1S/C16H25N3O2S.ClH/c1-17-12-13-19(16(14-17)15-8-4-2-5-9-15)22(20,21)18-10-6-3-7-11-18;/h2,4-5,8-9,16H,3,6-7,10-14H2,1H3;1H. The lowest BCUT2D eigenvalue weighted by Crippen LogP contribution is -2.54. The van der Waals surface area contributed by atoms with E-state index in [1.165, 1.54) is 0 Å². The van der Waals surface area contributed by atoms with Gasteiger partial charge < -0.3 is 4.90 Å².